The van der Waals surface area contributed by atoms with Gasteiger partial charge in [0.2, 0.25) is 5.91 Å². The second-order valence-electron chi connectivity index (χ2n) is 5.59. The minimum absolute atomic E-state index is 0.0432. The van der Waals surface area contributed by atoms with Crippen molar-refractivity contribution in [2.45, 2.75) is 25.3 Å². The zero-order valence-electron chi connectivity index (χ0n) is 11.7. The second-order valence-corrected chi connectivity index (χ2v) is 5.59. The molecule has 1 aromatic rings. The van der Waals surface area contributed by atoms with Crippen LogP contribution in [0.2, 0.25) is 0 Å². The molecule has 0 bridgehead atoms. The first-order valence-corrected chi connectivity index (χ1v) is 6.82. The molecule has 106 valence electrons. The summed E-state index contributed by atoms with van der Waals surface area (Å²) in [7, 11) is 1.56. The number of anilines is 1. The summed E-state index contributed by atoms with van der Waals surface area (Å²) < 4.78 is 5.30. The Kier molecular flexibility index (Phi) is 2.92. The van der Waals surface area contributed by atoms with Gasteiger partial charge >= 0.3 is 0 Å². The van der Waals surface area contributed by atoms with Crippen LogP contribution in [0.5, 0.6) is 5.75 Å². The molecule has 1 unspecified atom stereocenters. The van der Waals surface area contributed by atoms with Gasteiger partial charge in [-0.2, -0.15) is 0 Å². The molecule has 0 aromatic heterocycles. The Balaban J connectivity index is 1.99. The molecule has 3 rings (SSSR count). The summed E-state index contributed by atoms with van der Waals surface area (Å²) in [6, 6.07) is 7.29. The number of benzene rings is 1. The van der Waals surface area contributed by atoms with Crippen LogP contribution >= 0.6 is 0 Å². The average molecular weight is 274 g/mol. The van der Waals surface area contributed by atoms with Gasteiger partial charge in [-0.1, -0.05) is 12.1 Å². The van der Waals surface area contributed by atoms with Crippen molar-refractivity contribution in [2.75, 3.05) is 18.6 Å². The standard InChI is InChI=1S/C15H18N2O3/c1-15(10-7-8-10)14(19)17(9-13(18)16-15)11-5-3-4-6-12(11)20-2/h3-6,10H,7-9H2,1-2H3,(H,16,18). The Bertz CT molecular complexity index is 568. The van der Waals surface area contributed by atoms with Gasteiger partial charge in [-0.15, -0.1) is 0 Å². The molecule has 20 heavy (non-hydrogen) atoms. The molecule has 1 N–H and O–H groups in total. The number of nitrogens with one attached hydrogen (secondary N) is 1. The van der Waals surface area contributed by atoms with Crippen LogP contribution < -0.4 is 15.0 Å². The minimum atomic E-state index is -0.782. The summed E-state index contributed by atoms with van der Waals surface area (Å²) in [5.41, 5.74) is -0.127. The van der Waals surface area contributed by atoms with Gasteiger partial charge in [0.05, 0.1) is 12.8 Å². The summed E-state index contributed by atoms with van der Waals surface area (Å²) in [6.07, 6.45) is 1.98. The Hall–Kier alpha value is -2.04. The van der Waals surface area contributed by atoms with E-state index in [-0.39, 0.29) is 24.3 Å². The molecule has 5 heteroatoms. The lowest BCUT2D eigenvalue weighted by Gasteiger charge is -2.40. The highest BCUT2D eigenvalue weighted by atomic mass is 16.5. The molecule has 2 fully saturated rings. The fourth-order valence-electron chi connectivity index (χ4n) is 2.86. The van der Waals surface area contributed by atoms with Gasteiger partial charge in [0.25, 0.3) is 5.91 Å². The monoisotopic (exact) mass is 274 g/mol. The Morgan fingerprint density at radius 2 is 2.00 bits per heavy atom. The third-order valence-corrected chi connectivity index (χ3v) is 4.16. The van der Waals surface area contributed by atoms with Crippen LogP contribution in [0, 0.1) is 5.92 Å². The third-order valence-electron chi connectivity index (χ3n) is 4.16. The molecule has 2 amide bonds. The normalized spacial score (nSPS) is 26.4. The summed E-state index contributed by atoms with van der Waals surface area (Å²) in [5, 5.41) is 2.87. The van der Waals surface area contributed by atoms with E-state index in [2.05, 4.69) is 5.32 Å². The Labute approximate surface area is 117 Å². The minimum Gasteiger partial charge on any atom is -0.495 e. The molecule has 2 aliphatic rings. The fraction of sp³-hybridized carbons (Fsp3) is 0.467. The number of hydrogen-bond acceptors (Lipinski definition) is 3. The molecule has 1 heterocycles. The maximum atomic E-state index is 12.8. The summed E-state index contributed by atoms with van der Waals surface area (Å²) in [6.45, 7) is 1.87. The number of hydrogen-bond donors (Lipinski definition) is 1. The maximum absolute atomic E-state index is 12.8. The van der Waals surface area contributed by atoms with E-state index in [1.54, 1.807) is 13.2 Å². The van der Waals surface area contributed by atoms with Gasteiger partial charge in [-0.05, 0) is 37.8 Å². The highest BCUT2D eigenvalue weighted by molar-refractivity contribution is 6.10. The smallest absolute Gasteiger partial charge is 0.253 e. The summed E-state index contributed by atoms with van der Waals surface area (Å²) >= 11 is 0. The van der Waals surface area contributed by atoms with Crippen molar-refractivity contribution >= 4 is 17.5 Å². The maximum Gasteiger partial charge on any atom is 0.253 e. The number of piperazine rings is 1. The van der Waals surface area contributed by atoms with Crippen LogP contribution in [0.15, 0.2) is 24.3 Å². The highest BCUT2D eigenvalue weighted by Gasteiger charge is 2.53. The topological polar surface area (TPSA) is 58.6 Å². The number of amides is 2. The molecule has 5 nitrogen and oxygen atoms in total. The predicted octanol–water partition coefficient (Wildman–Crippen LogP) is 1.33. The van der Waals surface area contributed by atoms with E-state index in [0.717, 1.165) is 12.8 Å². The number of nitrogens with zero attached hydrogens (tertiary/aromatic N) is 1. The van der Waals surface area contributed by atoms with Gasteiger partial charge in [0, 0.05) is 0 Å². The van der Waals surface area contributed by atoms with Crippen LogP contribution in [0.25, 0.3) is 0 Å². The van der Waals surface area contributed by atoms with Gasteiger partial charge in [0.1, 0.15) is 17.8 Å². The largest absolute Gasteiger partial charge is 0.495 e. The lowest BCUT2D eigenvalue weighted by Crippen LogP contribution is -2.66. The molecule has 1 aliphatic heterocycles. The number of methoxy groups -OCH3 is 1. The first-order valence-electron chi connectivity index (χ1n) is 6.82. The predicted molar refractivity (Wildman–Crippen MR) is 74.6 cm³/mol. The molecule has 0 spiro atoms. The lowest BCUT2D eigenvalue weighted by atomic mass is 9.91. The van der Waals surface area contributed by atoms with Crippen LogP contribution in [0.1, 0.15) is 19.8 Å². The van der Waals surface area contributed by atoms with Gasteiger partial charge in [0.15, 0.2) is 0 Å². The van der Waals surface area contributed by atoms with Crippen molar-refractivity contribution in [3.63, 3.8) is 0 Å². The van der Waals surface area contributed by atoms with Crippen molar-refractivity contribution < 1.29 is 14.3 Å². The van der Waals surface area contributed by atoms with Crippen molar-refractivity contribution in [3.8, 4) is 5.75 Å². The molecule has 1 saturated carbocycles. The highest BCUT2D eigenvalue weighted by Crippen LogP contribution is 2.43. The Morgan fingerprint density at radius 1 is 1.30 bits per heavy atom. The van der Waals surface area contributed by atoms with Crippen molar-refractivity contribution in [2.24, 2.45) is 5.92 Å². The molecule has 1 aromatic carbocycles. The van der Waals surface area contributed by atoms with Crippen LogP contribution in [0.4, 0.5) is 5.69 Å². The molecule has 1 atom stereocenters. The van der Waals surface area contributed by atoms with Gasteiger partial charge in [-0.3, -0.25) is 14.5 Å². The van der Waals surface area contributed by atoms with Crippen LogP contribution in [-0.4, -0.2) is 31.0 Å². The Morgan fingerprint density at radius 3 is 2.65 bits per heavy atom. The average Bonchev–Trinajstić information content (AvgIpc) is 3.27. The number of para-hydroxylation sites is 2. The third kappa shape index (κ3) is 1.94. The SMILES string of the molecule is COc1ccccc1N1CC(=O)NC(C)(C2CC2)C1=O. The lowest BCUT2D eigenvalue weighted by molar-refractivity contribution is -0.136. The van der Waals surface area contributed by atoms with E-state index in [1.165, 1.54) is 4.90 Å². The van der Waals surface area contributed by atoms with Gasteiger partial charge in [-0.25, -0.2) is 0 Å². The summed E-state index contributed by atoms with van der Waals surface area (Å²) in [5.74, 6) is 0.680. The molecule has 1 aliphatic carbocycles. The fourth-order valence-corrected chi connectivity index (χ4v) is 2.86. The van der Waals surface area contributed by atoms with E-state index >= 15 is 0 Å². The first-order chi connectivity index (χ1) is 9.56. The molecule has 1 saturated heterocycles. The van der Waals surface area contributed by atoms with E-state index in [4.69, 9.17) is 4.74 Å². The second kappa shape index (κ2) is 4.51. The zero-order chi connectivity index (χ0) is 14.3. The quantitative estimate of drug-likeness (QED) is 0.904. The van der Waals surface area contributed by atoms with E-state index in [9.17, 15) is 9.59 Å². The van der Waals surface area contributed by atoms with Gasteiger partial charge < -0.3 is 10.1 Å². The van der Waals surface area contributed by atoms with Crippen LogP contribution in [-0.2, 0) is 9.59 Å². The van der Waals surface area contributed by atoms with Crippen molar-refractivity contribution in [1.29, 1.82) is 0 Å². The molecular weight excluding hydrogens is 256 g/mol. The number of carbonyl (C=O) groups is 2. The van der Waals surface area contributed by atoms with Crippen molar-refractivity contribution in [1.82, 2.24) is 5.32 Å². The molecular formula is C15H18N2O3. The number of rotatable bonds is 3. The van der Waals surface area contributed by atoms with E-state index in [1.807, 2.05) is 25.1 Å². The van der Waals surface area contributed by atoms with E-state index in [0.29, 0.717) is 11.4 Å². The zero-order valence-corrected chi connectivity index (χ0v) is 11.7. The van der Waals surface area contributed by atoms with Crippen molar-refractivity contribution in [3.05, 3.63) is 24.3 Å². The first kappa shape index (κ1) is 13.0. The number of carbonyl (C=O) groups excluding carboxylic acids is 2. The van der Waals surface area contributed by atoms with Crippen LogP contribution in [0.3, 0.4) is 0 Å². The van der Waals surface area contributed by atoms with E-state index < -0.39 is 5.54 Å². The summed E-state index contributed by atoms with van der Waals surface area (Å²) in [4.78, 5) is 26.3. The number of ether oxygens (including phenoxy) is 1. The molecule has 0 radical (unpaired) electrons.